The molecule has 0 spiro atoms. The van der Waals surface area contributed by atoms with Crippen LogP contribution < -0.4 is 5.32 Å². The summed E-state index contributed by atoms with van der Waals surface area (Å²) in [6.45, 7) is 0.00884. The van der Waals surface area contributed by atoms with Crippen molar-refractivity contribution in [3.05, 3.63) is 23.5 Å². The molecule has 1 saturated carbocycles. The molecule has 1 heterocycles. The summed E-state index contributed by atoms with van der Waals surface area (Å²) >= 11 is 0. The van der Waals surface area contributed by atoms with Crippen molar-refractivity contribution in [2.45, 2.75) is 38.0 Å². The molecule has 8 heteroatoms. The largest absolute Gasteiger partial charge is 0.478 e. The molecule has 1 amide bonds. The Morgan fingerprint density at radius 3 is 2.45 bits per heavy atom. The molecule has 1 aliphatic rings. The number of aromatic nitrogens is 1. The van der Waals surface area contributed by atoms with Crippen molar-refractivity contribution in [3.8, 4) is 0 Å². The number of hydrogen-bond donors (Lipinski definition) is 2. The molecule has 0 bridgehead atoms. The molecule has 0 radical (unpaired) electrons. The van der Waals surface area contributed by atoms with Crippen LogP contribution in [0.5, 0.6) is 0 Å². The van der Waals surface area contributed by atoms with Gasteiger partial charge in [0.25, 0.3) is 0 Å². The van der Waals surface area contributed by atoms with Gasteiger partial charge in [-0.25, -0.2) is 4.79 Å². The van der Waals surface area contributed by atoms with Gasteiger partial charge in [0.2, 0.25) is 5.91 Å². The molecule has 1 fully saturated rings. The second-order valence-electron chi connectivity index (χ2n) is 4.72. The molecule has 110 valence electrons. The number of hydrogen-bond acceptors (Lipinski definition) is 2. The first kappa shape index (κ1) is 14.4. The summed E-state index contributed by atoms with van der Waals surface area (Å²) in [5.74, 6) is -1.88. The fourth-order valence-corrected chi connectivity index (χ4v) is 1.79. The van der Waals surface area contributed by atoms with Gasteiger partial charge in [0.05, 0.1) is 11.1 Å². The molecule has 2 rings (SSSR count). The van der Waals surface area contributed by atoms with E-state index in [1.165, 1.54) is 0 Å². The van der Waals surface area contributed by atoms with Gasteiger partial charge in [0.1, 0.15) is 0 Å². The molecule has 0 aliphatic heterocycles. The fraction of sp³-hybridized carbons (Fsp3) is 0.500. The highest BCUT2D eigenvalue weighted by atomic mass is 19.4. The van der Waals surface area contributed by atoms with Crippen LogP contribution in [0.4, 0.5) is 13.2 Å². The Morgan fingerprint density at radius 2 is 2.00 bits per heavy atom. The maximum atomic E-state index is 12.6. The summed E-state index contributed by atoms with van der Waals surface area (Å²) in [5.41, 5.74) is -2.01. The standard InChI is InChI=1S/C12H13F3N2O3/c13-12(14,15)9-6-17(5-8(9)11(19)20)4-3-10(18)16-7-1-2-7/h5-7H,1-4H2,(H,16,18)(H,19,20). The topological polar surface area (TPSA) is 71.3 Å². The summed E-state index contributed by atoms with van der Waals surface area (Å²) in [6, 6.07) is 0.187. The molecule has 0 unspecified atom stereocenters. The van der Waals surface area contributed by atoms with E-state index in [0.29, 0.717) is 6.20 Å². The van der Waals surface area contributed by atoms with Gasteiger partial charge in [0.15, 0.2) is 0 Å². The van der Waals surface area contributed by atoms with Crippen LogP contribution in [0.3, 0.4) is 0 Å². The van der Waals surface area contributed by atoms with Crippen molar-refractivity contribution in [2.24, 2.45) is 0 Å². The van der Waals surface area contributed by atoms with Crippen molar-refractivity contribution in [1.29, 1.82) is 0 Å². The van der Waals surface area contributed by atoms with Crippen molar-refractivity contribution in [1.82, 2.24) is 9.88 Å². The lowest BCUT2D eigenvalue weighted by Gasteiger charge is -2.05. The van der Waals surface area contributed by atoms with E-state index < -0.39 is 23.3 Å². The third-order valence-corrected chi connectivity index (χ3v) is 2.96. The van der Waals surface area contributed by atoms with E-state index in [1.807, 2.05) is 0 Å². The lowest BCUT2D eigenvalue weighted by atomic mass is 10.2. The highest BCUT2D eigenvalue weighted by Gasteiger charge is 2.37. The maximum absolute atomic E-state index is 12.6. The monoisotopic (exact) mass is 290 g/mol. The summed E-state index contributed by atoms with van der Waals surface area (Å²) in [4.78, 5) is 22.2. The van der Waals surface area contributed by atoms with E-state index in [0.717, 1.165) is 23.6 Å². The van der Waals surface area contributed by atoms with Gasteiger partial charge in [-0.15, -0.1) is 0 Å². The van der Waals surface area contributed by atoms with Gasteiger partial charge in [-0.3, -0.25) is 4.79 Å². The molecule has 20 heavy (non-hydrogen) atoms. The number of nitrogens with one attached hydrogen (secondary N) is 1. The Bertz CT molecular complexity index is 533. The Morgan fingerprint density at radius 1 is 1.35 bits per heavy atom. The third kappa shape index (κ3) is 3.52. The molecule has 1 aromatic heterocycles. The van der Waals surface area contributed by atoms with Gasteiger partial charge in [-0.2, -0.15) is 13.2 Å². The average Bonchev–Trinajstić information content (AvgIpc) is 3.01. The van der Waals surface area contributed by atoms with E-state index >= 15 is 0 Å². The Kier molecular flexibility index (Phi) is 3.74. The highest BCUT2D eigenvalue weighted by Crippen LogP contribution is 2.32. The van der Waals surface area contributed by atoms with Crippen LogP contribution in [-0.4, -0.2) is 27.6 Å². The number of carboxylic acids is 1. The average molecular weight is 290 g/mol. The molecule has 0 saturated heterocycles. The van der Waals surface area contributed by atoms with Crippen molar-refractivity contribution >= 4 is 11.9 Å². The summed E-state index contributed by atoms with van der Waals surface area (Å²) < 4.78 is 39.0. The maximum Gasteiger partial charge on any atom is 0.418 e. The van der Waals surface area contributed by atoms with Crippen molar-refractivity contribution in [2.75, 3.05) is 0 Å². The number of rotatable bonds is 5. The Hall–Kier alpha value is -1.99. The quantitative estimate of drug-likeness (QED) is 0.869. The molecular weight excluding hydrogens is 277 g/mol. The first-order valence-electron chi connectivity index (χ1n) is 6.07. The van der Waals surface area contributed by atoms with Gasteiger partial charge in [0, 0.05) is 31.4 Å². The zero-order valence-electron chi connectivity index (χ0n) is 10.4. The predicted octanol–water partition coefficient (Wildman–Crippen LogP) is 1.87. The molecule has 0 atom stereocenters. The number of halogens is 3. The van der Waals surface area contributed by atoms with E-state index in [2.05, 4.69) is 5.32 Å². The van der Waals surface area contributed by atoms with Crippen LogP contribution in [0.15, 0.2) is 12.4 Å². The van der Waals surface area contributed by atoms with Gasteiger partial charge < -0.3 is 15.0 Å². The predicted molar refractivity (Wildman–Crippen MR) is 62.2 cm³/mol. The molecule has 1 aliphatic carbocycles. The van der Waals surface area contributed by atoms with Gasteiger partial charge >= 0.3 is 12.1 Å². The number of carbonyl (C=O) groups is 2. The number of nitrogens with zero attached hydrogens (tertiary/aromatic N) is 1. The van der Waals surface area contributed by atoms with E-state index in [9.17, 15) is 22.8 Å². The minimum absolute atomic E-state index is 0.00884. The smallest absolute Gasteiger partial charge is 0.418 e. The van der Waals surface area contributed by atoms with Crippen LogP contribution in [0.25, 0.3) is 0 Å². The van der Waals surface area contributed by atoms with Crippen LogP contribution in [0.2, 0.25) is 0 Å². The SMILES string of the molecule is O=C(CCn1cc(C(=O)O)c(C(F)(F)F)c1)NC1CC1. The highest BCUT2D eigenvalue weighted by molar-refractivity contribution is 5.89. The van der Waals surface area contributed by atoms with Crippen molar-refractivity contribution in [3.63, 3.8) is 0 Å². The molecular formula is C12H13F3N2O3. The van der Waals surface area contributed by atoms with Crippen LogP contribution in [-0.2, 0) is 17.5 Å². The van der Waals surface area contributed by atoms with E-state index in [1.54, 1.807) is 0 Å². The van der Waals surface area contributed by atoms with Gasteiger partial charge in [-0.1, -0.05) is 0 Å². The molecule has 1 aromatic rings. The first-order chi connectivity index (χ1) is 9.27. The number of carbonyl (C=O) groups excluding carboxylic acids is 1. The lowest BCUT2D eigenvalue weighted by Crippen LogP contribution is -2.26. The number of aryl methyl sites for hydroxylation is 1. The number of carboxylic acid groups (broad SMARTS) is 1. The zero-order chi connectivity index (χ0) is 14.9. The van der Waals surface area contributed by atoms with E-state index in [-0.39, 0.29) is 24.9 Å². The minimum atomic E-state index is -4.73. The summed E-state index contributed by atoms with van der Waals surface area (Å²) in [6.07, 6.45) is -1.24. The number of alkyl halides is 3. The minimum Gasteiger partial charge on any atom is -0.478 e. The second kappa shape index (κ2) is 5.18. The third-order valence-electron chi connectivity index (χ3n) is 2.96. The summed E-state index contributed by atoms with van der Waals surface area (Å²) in [7, 11) is 0. The lowest BCUT2D eigenvalue weighted by molar-refractivity contribution is -0.138. The van der Waals surface area contributed by atoms with Crippen LogP contribution >= 0.6 is 0 Å². The zero-order valence-corrected chi connectivity index (χ0v) is 10.4. The molecule has 2 N–H and O–H groups in total. The Balaban J connectivity index is 2.04. The van der Waals surface area contributed by atoms with Gasteiger partial charge in [-0.05, 0) is 12.8 Å². The Labute approximate surface area is 112 Å². The first-order valence-corrected chi connectivity index (χ1v) is 6.07. The summed E-state index contributed by atoms with van der Waals surface area (Å²) in [5, 5.41) is 11.5. The molecule has 0 aromatic carbocycles. The van der Waals surface area contributed by atoms with Crippen LogP contribution in [0, 0.1) is 0 Å². The second-order valence-corrected chi connectivity index (χ2v) is 4.72. The normalized spacial score (nSPS) is 15.2. The fourth-order valence-electron chi connectivity index (χ4n) is 1.79. The van der Waals surface area contributed by atoms with E-state index in [4.69, 9.17) is 5.11 Å². The molecule has 5 nitrogen and oxygen atoms in total. The number of aromatic carboxylic acids is 1. The number of amides is 1. The van der Waals surface area contributed by atoms with Crippen LogP contribution in [0.1, 0.15) is 35.2 Å². The van der Waals surface area contributed by atoms with Crippen molar-refractivity contribution < 1.29 is 27.9 Å².